The van der Waals surface area contributed by atoms with E-state index in [1.165, 1.54) is 4.88 Å². The molecule has 0 spiro atoms. The Labute approximate surface area is 117 Å². The zero-order chi connectivity index (χ0) is 13.6. The molecule has 102 valence electrons. The third kappa shape index (κ3) is 6.38. The zero-order valence-electron chi connectivity index (χ0n) is 10.8. The van der Waals surface area contributed by atoms with Crippen molar-refractivity contribution in [3.63, 3.8) is 0 Å². The summed E-state index contributed by atoms with van der Waals surface area (Å²) in [5, 5.41) is 12.0. The van der Waals surface area contributed by atoms with Gasteiger partial charge < -0.3 is 10.4 Å². The Morgan fingerprint density at radius 2 is 2.17 bits per heavy atom. The summed E-state index contributed by atoms with van der Waals surface area (Å²) >= 11 is 7.44. The quantitative estimate of drug-likeness (QED) is 0.716. The molecular weight excluding hydrogens is 270 g/mol. The maximum atomic E-state index is 10.5. The van der Waals surface area contributed by atoms with Crippen molar-refractivity contribution in [1.29, 1.82) is 0 Å². The number of rotatable bonds is 8. The van der Waals surface area contributed by atoms with Crippen LogP contribution in [0.25, 0.3) is 0 Å². The second-order valence-corrected chi connectivity index (χ2v) is 6.99. The molecule has 0 radical (unpaired) electrons. The minimum atomic E-state index is -0.718. The lowest BCUT2D eigenvalue weighted by Gasteiger charge is -2.23. The summed E-state index contributed by atoms with van der Waals surface area (Å²) in [6.45, 7) is 5.94. The number of halogens is 1. The van der Waals surface area contributed by atoms with Crippen LogP contribution in [0, 0.1) is 5.41 Å². The smallest absolute Gasteiger partial charge is 0.303 e. The van der Waals surface area contributed by atoms with Crippen LogP contribution in [0.15, 0.2) is 12.1 Å². The second-order valence-electron chi connectivity index (χ2n) is 5.19. The maximum absolute atomic E-state index is 10.5. The standard InChI is InChI=1S/C13H20ClNO2S/c1-13(2,6-5-12(16)17)7-8-15-9-10-3-4-11(14)18-10/h3-4,15H,5-9H2,1-2H3,(H,16,17). The van der Waals surface area contributed by atoms with Gasteiger partial charge in [-0.3, -0.25) is 4.79 Å². The molecule has 0 bridgehead atoms. The highest BCUT2D eigenvalue weighted by molar-refractivity contribution is 7.16. The highest BCUT2D eigenvalue weighted by atomic mass is 35.5. The summed E-state index contributed by atoms with van der Waals surface area (Å²) in [5.74, 6) is -0.718. The Morgan fingerprint density at radius 1 is 1.44 bits per heavy atom. The van der Waals surface area contributed by atoms with Crippen LogP contribution < -0.4 is 5.32 Å². The van der Waals surface area contributed by atoms with Crippen molar-refractivity contribution < 1.29 is 9.90 Å². The number of carboxylic acids is 1. The van der Waals surface area contributed by atoms with E-state index in [0.717, 1.165) is 30.3 Å². The summed E-state index contributed by atoms with van der Waals surface area (Å²) in [7, 11) is 0. The van der Waals surface area contributed by atoms with Crippen molar-refractivity contribution >= 4 is 28.9 Å². The number of nitrogens with one attached hydrogen (secondary N) is 1. The monoisotopic (exact) mass is 289 g/mol. The van der Waals surface area contributed by atoms with Gasteiger partial charge in [0.15, 0.2) is 0 Å². The number of hydrogen-bond donors (Lipinski definition) is 2. The van der Waals surface area contributed by atoms with Crippen LogP contribution in [0.2, 0.25) is 4.34 Å². The summed E-state index contributed by atoms with van der Waals surface area (Å²) in [6.07, 6.45) is 1.93. The largest absolute Gasteiger partial charge is 0.481 e. The molecule has 0 amide bonds. The minimum absolute atomic E-state index is 0.0679. The third-order valence-electron chi connectivity index (χ3n) is 2.92. The number of thiophene rings is 1. The Bertz CT molecular complexity index is 390. The lowest BCUT2D eigenvalue weighted by molar-refractivity contribution is -0.137. The van der Waals surface area contributed by atoms with Gasteiger partial charge in [-0.2, -0.15) is 0 Å². The van der Waals surface area contributed by atoms with Crippen LogP contribution in [-0.4, -0.2) is 17.6 Å². The van der Waals surface area contributed by atoms with Crippen LogP contribution >= 0.6 is 22.9 Å². The first kappa shape index (κ1) is 15.5. The van der Waals surface area contributed by atoms with Crippen LogP contribution in [0.3, 0.4) is 0 Å². The zero-order valence-corrected chi connectivity index (χ0v) is 12.4. The average Bonchev–Trinajstić information content (AvgIpc) is 2.68. The minimum Gasteiger partial charge on any atom is -0.481 e. The van der Waals surface area contributed by atoms with Crippen molar-refractivity contribution in [3.8, 4) is 0 Å². The van der Waals surface area contributed by atoms with Crippen LogP contribution in [-0.2, 0) is 11.3 Å². The lowest BCUT2D eigenvalue weighted by atomic mass is 9.84. The summed E-state index contributed by atoms with van der Waals surface area (Å²) in [5.41, 5.74) is 0.0679. The van der Waals surface area contributed by atoms with Gasteiger partial charge in [-0.05, 0) is 36.9 Å². The molecule has 0 aromatic carbocycles. The summed E-state index contributed by atoms with van der Waals surface area (Å²) in [6, 6.07) is 3.93. The maximum Gasteiger partial charge on any atom is 0.303 e. The number of carbonyl (C=O) groups is 1. The first-order valence-electron chi connectivity index (χ1n) is 6.06. The van der Waals surface area contributed by atoms with E-state index in [-0.39, 0.29) is 11.8 Å². The normalized spacial score (nSPS) is 11.7. The second kappa shape index (κ2) is 7.12. The van der Waals surface area contributed by atoms with Gasteiger partial charge in [0.2, 0.25) is 0 Å². The average molecular weight is 290 g/mol. The number of hydrogen-bond acceptors (Lipinski definition) is 3. The summed E-state index contributed by atoms with van der Waals surface area (Å²) < 4.78 is 0.814. The van der Waals surface area contributed by atoms with E-state index in [1.54, 1.807) is 11.3 Å². The Hall–Kier alpha value is -0.580. The van der Waals surface area contributed by atoms with Crippen molar-refractivity contribution in [1.82, 2.24) is 5.32 Å². The van der Waals surface area contributed by atoms with Crippen LogP contribution in [0.1, 0.15) is 38.0 Å². The van der Waals surface area contributed by atoms with E-state index in [1.807, 2.05) is 12.1 Å². The Balaban J connectivity index is 2.18. The SMILES string of the molecule is CC(C)(CCNCc1ccc(Cl)s1)CCC(=O)O. The van der Waals surface area contributed by atoms with Crippen molar-refractivity contribution in [3.05, 3.63) is 21.3 Å². The molecule has 1 heterocycles. The summed E-state index contributed by atoms with van der Waals surface area (Å²) in [4.78, 5) is 11.8. The van der Waals surface area contributed by atoms with E-state index < -0.39 is 5.97 Å². The van der Waals surface area contributed by atoms with Gasteiger partial charge in [0.25, 0.3) is 0 Å². The number of carboxylic acid groups (broad SMARTS) is 1. The molecule has 0 saturated heterocycles. The topological polar surface area (TPSA) is 49.3 Å². The van der Waals surface area contributed by atoms with E-state index in [2.05, 4.69) is 19.2 Å². The van der Waals surface area contributed by atoms with Crippen molar-refractivity contribution in [2.45, 2.75) is 39.7 Å². The molecule has 0 fully saturated rings. The molecule has 0 saturated carbocycles. The van der Waals surface area contributed by atoms with Gasteiger partial charge in [-0.1, -0.05) is 25.4 Å². The molecule has 2 N–H and O–H groups in total. The molecule has 0 aliphatic heterocycles. The van der Waals surface area contributed by atoms with Crippen LogP contribution in [0.5, 0.6) is 0 Å². The molecule has 0 aliphatic carbocycles. The van der Waals surface area contributed by atoms with Gasteiger partial charge >= 0.3 is 5.97 Å². The first-order chi connectivity index (χ1) is 8.39. The van der Waals surface area contributed by atoms with Gasteiger partial charge in [-0.25, -0.2) is 0 Å². The fourth-order valence-electron chi connectivity index (χ4n) is 1.66. The van der Waals surface area contributed by atoms with E-state index in [0.29, 0.717) is 0 Å². The van der Waals surface area contributed by atoms with E-state index >= 15 is 0 Å². The molecule has 0 aliphatic rings. The fourth-order valence-corrected chi connectivity index (χ4v) is 2.71. The predicted molar refractivity (Wildman–Crippen MR) is 76.3 cm³/mol. The van der Waals surface area contributed by atoms with E-state index in [4.69, 9.17) is 16.7 Å². The molecule has 1 aromatic heterocycles. The first-order valence-corrected chi connectivity index (χ1v) is 7.25. The van der Waals surface area contributed by atoms with Gasteiger partial charge in [0.1, 0.15) is 0 Å². The lowest BCUT2D eigenvalue weighted by Crippen LogP contribution is -2.22. The van der Waals surface area contributed by atoms with Gasteiger partial charge in [0, 0.05) is 17.8 Å². The molecule has 3 nitrogen and oxygen atoms in total. The van der Waals surface area contributed by atoms with E-state index in [9.17, 15) is 4.79 Å². The molecule has 0 atom stereocenters. The molecule has 1 rings (SSSR count). The van der Waals surface area contributed by atoms with Crippen LogP contribution in [0.4, 0.5) is 0 Å². The third-order valence-corrected chi connectivity index (χ3v) is 4.15. The van der Waals surface area contributed by atoms with Crippen molar-refractivity contribution in [2.75, 3.05) is 6.54 Å². The highest BCUT2D eigenvalue weighted by Crippen LogP contribution is 2.26. The molecule has 18 heavy (non-hydrogen) atoms. The Morgan fingerprint density at radius 3 is 2.72 bits per heavy atom. The molecule has 1 aromatic rings. The molecule has 5 heteroatoms. The number of aliphatic carboxylic acids is 1. The molecule has 0 unspecified atom stereocenters. The Kier molecular flexibility index (Phi) is 6.12. The highest BCUT2D eigenvalue weighted by Gasteiger charge is 2.18. The fraction of sp³-hybridized carbons (Fsp3) is 0.615. The van der Waals surface area contributed by atoms with Gasteiger partial charge in [0.05, 0.1) is 4.34 Å². The molecular formula is C13H20ClNO2S. The predicted octanol–water partition coefficient (Wildman–Crippen LogP) is 3.77. The van der Waals surface area contributed by atoms with Crippen molar-refractivity contribution in [2.24, 2.45) is 5.41 Å². The van der Waals surface area contributed by atoms with Gasteiger partial charge in [-0.15, -0.1) is 11.3 Å².